The molecule has 0 aliphatic rings. The van der Waals surface area contributed by atoms with E-state index < -0.39 is 0 Å². The first kappa shape index (κ1) is 25.8. The molecular weight excluding hydrogens is 474 g/mol. The number of hydrogen-bond acceptors (Lipinski definition) is 6. The van der Waals surface area contributed by atoms with E-state index in [9.17, 15) is 4.79 Å². The van der Waals surface area contributed by atoms with Crippen molar-refractivity contribution < 1.29 is 4.79 Å². The fourth-order valence-corrected chi connectivity index (χ4v) is 5.17. The van der Waals surface area contributed by atoms with Crippen molar-refractivity contribution in [1.29, 1.82) is 0 Å². The van der Waals surface area contributed by atoms with Crippen LogP contribution >= 0.6 is 0 Å². The van der Waals surface area contributed by atoms with Gasteiger partial charge in [0.25, 0.3) is 0 Å². The van der Waals surface area contributed by atoms with Crippen LogP contribution in [0.25, 0.3) is 39.1 Å². The third-order valence-corrected chi connectivity index (χ3v) is 6.91. The maximum absolute atomic E-state index is 12.0. The summed E-state index contributed by atoms with van der Waals surface area (Å²) in [6.07, 6.45) is 5.28. The molecule has 5 rings (SSSR count). The lowest BCUT2D eigenvalue weighted by atomic mass is 10.0. The zero-order valence-corrected chi connectivity index (χ0v) is 22.9. The first-order valence-electron chi connectivity index (χ1n) is 13.8. The average molecular weight is 512 g/mol. The predicted molar refractivity (Wildman–Crippen MR) is 153 cm³/mol. The second-order valence-corrected chi connectivity index (χ2v) is 10.5. The standard InChI is InChI=1S/C30H37N7O/c1-5-17-36-26-13-9-8-12-24(26)33-29(36)22-14-15-27-25(19-22)32-28(30-35-34-21(4)37(27)30)31-16-10-6-7-11-23(38)18-20(2)3/h8-9,12-15,19-20H,5-7,10-11,16-18H2,1-4H3,(H,31,32). The summed E-state index contributed by atoms with van der Waals surface area (Å²) >= 11 is 0. The minimum Gasteiger partial charge on any atom is -0.367 e. The SMILES string of the molecule is CCCn1c(-c2ccc3c(c2)nc(NCCCCCC(=O)CC(C)C)c2nnc(C)n23)nc2ccccc21. The number of nitrogens with zero attached hydrogens (tertiary/aromatic N) is 6. The van der Waals surface area contributed by atoms with E-state index in [1.54, 1.807) is 0 Å². The monoisotopic (exact) mass is 511 g/mol. The normalized spacial score (nSPS) is 11.8. The Morgan fingerprint density at radius 3 is 2.63 bits per heavy atom. The van der Waals surface area contributed by atoms with Gasteiger partial charge in [0.1, 0.15) is 17.4 Å². The fourth-order valence-electron chi connectivity index (χ4n) is 5.17. The highest BCUT2D eigenvalue weighted by atomic mass is 16.1. The smallest absolute Gasteiger partial charge is 0.204 e. The number of anilines is 1. The number of hydrogen-bond donors (Lipinski definition) is 1. The summed E-state index contributed by atoms with van der Waals surface area (Å²) in [4.78, 5) is 21.9. The number of ketones is 1. The van der Waals surface area contributed by atoms with E-state index in [2.05, 4.69) is 81.7 Å². The van der Waals surface area contributed by atoms with E-state index in [4.69, 9.17) is 9.97 Å². The number of rotatable bonds is 12. The summed E-state index contributed by atoms with van der Waals surface area (Å²) in [5.74, 6) is 3.31. The molecule has 1 N–H and O–H groups in total. The van der Waals surface area contributed by atoms with E-state index in [-0.39, 0.29) is 0 Å². The van der Waals surface area contributed by atoms with Gasteiger partial charge in [0.05, 0.1) is 22.1 Å². The van der Waals surface area contributed by atoms with Gasteiger partial charge in [0.15, 0.2) is 5.82 Å². The highest BCUT2D eigenvalue weighted by Gasteiger charge is 2.16. The molecule has 0 fully saturated rings. The third kappa shape index (κ3) is 5.26. The molecule has 0 spiro atoms. The third-order valence-electron chi connectivity index (χ3n) is 6.91. The van der Waals surface area contributed by atoms with Gasteiger partial charge in [0.2, 0.25) is 5.65 Å². The first-order chi connectivity index (χ1) is 18.5. The van der Waals surface area contributed by atoms with Crippen LogP contribution in [0.15, 0.2) is 42.5 Å². The molecule has 0 saturated carbocycles. The second-order valence-electron chi connectivity index (χ2n) is 10.5. The van der Waals surface area contributed by atoms with E-state index in [1.807, 2.05) is 13.0 Å². The molecule has 0 unspecified atom stereocenters. The summed E-state index contributed by atoms with van der Waals surface area (Å²) in [5, 5.41) is 12.2. The van der Waals surface area contributed by atoms with Gasteiger partial charge in [-0.3, -0.25) is 9.20 Å². The summed E-state index contributed by atoms with van der Waals surface area (Å²) in [6.45, 7) is 10.0. The van der Waals surface area contributed by atoms with Gasteiger partial charge in [-0.2, -0.15) is 0 Å². The van der Waals surface area contributed by atoms with Crippen molar-refractivity contribution in [3.8, 4) is 11.4 Å². The Morgan fingerprint density at radius 2 is 1.82 bits per heavy atom. The number of nitrogens with one attached hydrogen (secondary N) is 1. The molecule has 0 bridgehead atoms. The maximum atomic E-state index is 12.0. The largest absolute Gasteiger partial charge is 0.367 e. The molecule has 3 heterocycles. The quantitative estimate of drug-likeness (QED) is 0.190. The Labute approximate surface area is 223 Å². The van der Waals surface area contributed by atoms with Gasteiger partial charge in [-0.05, 0) is 62.4 Å². The van der Waals surface area contributed by atoms with Gasteiger partial charge >= 0.3 is 0 Å². The van der Waals surface area contributed by atoms with Crippen LogP contribution in [0.2, 0.25) is 0 Å². The van der Waals surface area contributed by atoms with Crippen LogP contribution in [0.5, 0.6) is 0 Å². The van der Waals surface area contributed by atoms with Crippen LogP contribution in [-0.4, -0.2) is 41.5 Å². The highest BCUT2D eigenvalue weighted by molar-refractivity contribution is 5.88. The Balaban J connectivity index is 1.40. The molecule has 5 aromatic rings. The maximum Gasteiger partial charge on any atom is 0.204 e. The number of fused-ring (bicyclic) bond motifs is 4. The molecular formula is C30H37N7O. The zero-order valence-electron chi connectivity index (χ0n) is 22.9. The molecule has 0 saturated heterocycles. The van der Waals surface area contributed by atoms with E-state index >= 15 is 0 Å². The number of Topliss-reactive ketones (excluding diaryl/α,β-unsaturated/α-hetero) is 1. The van der Waals surface area contributed by atoms with Crippen molar-refractivity contribution in [1.82, 2.24) is 29.1 Å². The molecule has 0 aliphatic carbocycles. The van der Waals surface area contributed by atoms with Gasteiger partial charge in [-0.15, -0.1) is 10.2 Å². The molecule has 2 aromatic carbocycles. The minimum absolute atomic E-state index is 0.369. The number of imidazole rings is 1. The summed E-state index contributed by atoms with van der Waals surface area (Å²) < 4.78 is 4.36. The molecule has 0 radical (unpaired) electrons. The molecule has 0 aliphatic heterocycles. The van der Waals surface area contributed by atoms with Crippen LogP contribution in [0.1, 0.15) is 65.1 Å². The lowest BCUT2D eigenvalue weighted by Crippen LogP contribution is -2.08. The number of benzene rings is 2. The number of carbonyl (C=O) groups excluding carboxylic acids is 1. The number of aryl methyl sites for hydroxylation is 2. The van der Waals surface area contributed by atoms with Gasteiger partial charge in [0, 0.05) is 31.5 Å². The van der Waals surface area contributed by atoms with Crippen LogP contribution in [-0.2, 0) is 11.3 Å². The number of unbranched alkanes of at least 4 members (excludes halogenated alkanes) is 2. The van der Waals surface area contributed by atoms with Crippen LogP contribution in [0, 0.1) is 12.8 Å². The summed E-state index contributed by atoms with van der Waals surface area (Å²) in [5.41, 5.74) is 5.76. The minimum atomic E-state index is 0.369. The van der Waals surface area contributed by atoms with Gasteiger partial charge < -0.3 is 9.88 Å². The Hall–Kier alpha value is -3.81. The van der Waals surface area contributed by atoms with Crippen LogP contribution < -0.4 is 5.32 Å². The molecule has 8 heteroatoms. The van der Waals surface area contributed by atoms with Gasteiger partial charge in [-0.1, -0.05) is 39.3 Å². The van der Waals surface area contributed by atoms with Crippen molar-refractivity contribution in [2.75, 3.05) is 11.9 Å². The van der Waals surface area contributed by atoms with Crippen molar-refractivity contribution in [3.63, 3.8) is 0 Å². The number of para-hydroxylation sites is 2. The average Bonchev–Trinajstić information content (AvgIpc) is 3.47. The Bertz CT molecular complexity index is 1580. The summed E-state index contributed by atoms with van der Waals surface area (Å²) in [6, 6.07) is 14.6. The predicted octanol–water partition coefficient (Wildman–Crippen LogP) is 6.60. The topological polar surface area (TPSA) is 90.0 Å². The zero-order chi connectivity index (χ0) is 26.6. The van der Waals surface area contributed by atoms with E-state index in [0.717, 1.165) is 89.5 Å². The van der Waals surface area contributed by atoms with E-state index in [1.165, 1.54) is 0 Å². The van der Waals surface area contributed by atoms with Crippen molar-refractivity contribution in [3.05, 3.63) is 48.3 Å². The molecule has 198 valence electrons. The number of aromatic nitrogens is 6. The molecule has 0 atom stereocenters. The van der Waals surface area contributed by atoms with Crippen molar-refractivity contribution in [2.45, 2.75) is 72.8 Å². The van der Waals surface area contributed by atoms with Crippen LogP contribution in [0.3, 0.4) is 0 Å². The van der Waals surface area contributed by atoms with Crippen molar-refractivity contribution in [2.24, 2.45) is 5.92 Å². The van der Waals surface area contributed by atoms with Crippen molar-refractivity contribution >= 4 is 39.3 Å². The number of carbonyl (C=O) groups is 1. The van der Waals surface area contributed by atoms with E-state index in [0.29, 0.717) is 24.5 Å². The molecule has 38 heavy (non-hydrogen) atoms. The fraction of sp³-hybridized carbons (Fsp3) is 0.433. The second kappa shape index (κ2) is 11.3. The van der Waals surface area contributed by atoms with Crippen LogP contribution in [0.4, 0.5) is 5.82 Å². The molecule has 8 nitrogen and oxygen atoms in total. The Morgan fingerprint density at radius 1 is 0.974 bits per heavy atom. The molecule has 3 aromatic heterocycles. The lowest BCUT2D eigenvalue weighted by molar-refractivity contribution is -0.119. The lowest BCUT2D eigenvalue weighted by Gasteiger charge is -2.12. The summed E-state index contributed by atoms with van der Waals surface area (Å²) in [7, 11) is 0. The highest BCUT2D eigenvalue weighted by Crippen LogP contribution is 2.29. The Kier molecular flexibility index (Phi) is 7.67. The van der Waals surface area contributed by atoms with Gasteiger partial charge in [-0.25, -0.2) is 9.97 Å². The molecule has 0 amide bonds. The first-order valence-corrected chi connectivity index (χ1v) is 13.8.